The number of nitrogens with zero attached hydrogens (tertiary/aromatic N) is 5. The largest absolute Gasteiger partial charge is 0.356 e. The monoisotopic (exact) mass is 508 g/mol. The summed E-state index contributed by atoms with van der Waals surface area (Å²) in [5, 5.41) is 7.33. The van der Waals surface area contributed by atoms with Crippen LogP contribution in [-0.4, -0.2) is 50.9 Å². The zero-order valence-corrected chi connectivity index (χ0v) is 20.9. The number of pyridine rings is 2. The number of aryl methyl sites for hydroxylation is 1. The SMILES string of the molecule is CS.Cc1c(Cl)c(-c2cnn(C)c2)nc(N2CCCC(F)(F)CC2)c1C(=O)Nc1ccncc1. The molecule has 0 bridgehead atoms. The number of nitrogens with one attached hydrogen (secondary N) is 1. The van der Waals surface area contributed by atoms with Gasteiger partial charge in [0.1, 0.15) is 5.82 Å². The van der Waals surface area contributed by atoms with Gasteiger partial charge in [0.15, 0.2) is 0 Å². The molecule has 0 radical (unpaired) electrons. The topological polar surface area (TPSA) is 75.9 Å². The van der Waals surface area contributed by atoms with Gasteiger partial charge in [-0.05, 0) is 37.3 Å². The second-order valence-corrected chi connectivity index (χ2v) is 8.27. The lowest BCUT2D eigenvalue weighted by atomic mass is 10.0. The highest BCUT2D eigenvalue weighted by molar-refractivity contribution is 7.79. The Morgan fingerprint density at radius 3 is 2.56 bits per heavy atom. The number of halogens is 3. The van der Waals surface area contributed by atoms with Crippen LogP contribution in [0.5, 0.6) is 0 Å². The Morgan fingerprint density at radius 1 is 1.21 bits per heavy atom. The molecule has 182 valence electrons. The summed E-state index contributed by atoms with van der Waals surface area (Å²) in [4.78, 5) is 23.7. The molecule has 3 aromatic heterocycles. The lowest BCUT2D eigenvalue weighted by Crippen LogP contribution is -2.30. The normalized spacial score (nSPS) is 15.2. The van der Waals surface area contributed by atoms with E-state index in [1.165, 1.54) is 0 Å². The molecule has 1 amide bonds. The minimum absolute atomic E-state index is 0.0864. The molecule has 0 unspecified atom stereocenters. The first-order valence-electron chi connectivity index (χ1n) is 10.7. The van der Waals surface area contributed by atoms with E-state index in [0.717, 1.165) is 0 Å². The van der Waals surface area contributed by atoms with Crippen LogP contribution in [0.1, 0.15) is 35.2 Å². The van der Waals surface area contributed by atoms with Gasteiger partial charge in [0.2, 0.25) is 5.92 Å². The fourth-order valence-electron chi connectivity index (χ4n) is 3.81. The molecular weight excluding hydrogens is 482 g/mol. The van der Waals surface area contributed by atoms with Gasteiger partial charge in [0, 0.05) is 62.8 Å². The van der Waals surface area contributed by atoms with Gasteiger partial charge in [0.05, 0.1) is 22.5 Å². The highest BCUT2D eigenvalue weighted by Gasteiger charge is 2.34. The number of carbonyl (C=O) groups is 1. The van der Waals surface area contributed by atoms with Gasteiger partial charge in [-0.3, -0.25) is 14.5 Å². The number of carbonyl (C=O) groups excluding carboxylic acids is 1. The average Bonchev–Trinajstić information content (AvgIpc) is 3.16. The zero-order chi connectivity index (χ0) is 24.9. The van der Waals surface area contributed by atoms with E-state index in [1.807, 2.05) is 0 Å². The summed E-state index contributed by atoms with van der Waals surface area (Å²) >= 11 is 10.2. The predicted molar refractivity (Wildman–Crippen MR) is 134 cm³/mol. The minimum atomic E-state index is -2.73. The molecule has 0 spiro atoms. The van der Waals surface area contributed by atoms with Crippen molar-refractivity contribution in [3.63, 3.8) is 0 Å². The van der Waals surface area contributed by atoms with E-state index < -0.39 is 11.8 Å². The summed E-state index contributed by atoms with van der Waals surface area (Å²) < 4.78 is 29.7. The van der Waals surface area contributed by atoms with Crippen molar-refractivity contribution in [2.45, 2.75) is 32.1 Å². The van der Waals surface area contributed by atoms with Gasteiger partial charge >= 0.3 is 0 Å². The van der Waals surface area contributed by atoms with Gasteiger partial charge < -0.3 is 10.2 Å². The molecule has 11 heteroatoms. The highest BCUT2D eigenvalue weighted by atomic mass is 35.5. The van der Waals surface area contributed by atoms with E-state index in [4.69, 9.17) is 16.6 Å². The van der Waals surface area contributed by atoms with Crippen molar-refractivity contribution in [1.29, 1.82) is 0 Å². The molecular formula is C23H27ClF2N6OS. The van der Waals surface area contributed by atoms with E-state index in [-0.39, 0.29) is 24.9 Å². The number of anilines is 2. The number of hydrogen-bond acceptors (Lipinski definition) is 6. The number of aromatic nitrogens is 4. The second-order valence-electron chi connectivity index (χ2n) is 7.89. The molecule has 0 atom stereocenters. The third kappa shape index (κ3) is 5.85. The first-order chi connectivity index (χ1) is 16.2. The highest BCUT2D eigenvalue weighted by Crippen LogP contribution is 2.37. The lowest BCUT2D eigenvalue weighted by molar-refractivity contribution is -0.0102. The quantitative estimate of drug-likeness (QED) is 0.470. The number of alkyl halides is 2. The van der Waals surface area contributed by atoms with Crippen molar-refractivity contribution in [3.8, 4) is 11.3 Å². The molecule has 1 fully saturated rings. The van der Waals surface area contributed by atoms with Crippen LogP contribution in [0.2, 0.25) is 5.02 Å². The first kappa shape index (κ1) is 25.9. The summed E-state index contributed by atoms with van der Waals surface area (Å²) in [6.45, 7) is 2.19. The van der Waals surface area contributed by atoms with Gasteiger partial charge in [-0.25, -0.2) is 13.8 Å². The molecule has 0 aromatic carbocycles. The Morgan fingerprint density at radius 2 is 1.91 bits per heavy atom. The van der Waals surface area contributed by atoms with E-state index in [1.54, 1.807) is 66.7 Å². The number of rotatable bonds is 4. The Hall–Kier alpha value is -2.72. The van der Waals surface area contributed by atoms with Crippen molar-refractivity contribution in [2.75, 3.05) is 29.6 Å². The standard InChI is InChI=1S/C22H23ClF2N6O.CH4S/c1-14-17(21(32)28-16-4-8-26-9-5-16)20(31-10-3-6-22(24,25)7-11-31)29-19(18(14)23)15-12-27-30(2)13-15;1-2/h4-5,8-9,12-13H,3,6-7,10-11H2,1-2H3,(H,26,28,32);2H,1H3. The summed E-state index contributed by atoms with van der Waals surface area (Å²) in [6.07, 6.45) is 8.03. The van der Waals surface area contributed by atoms with Crippen LogP contribution < -0.4 is 10.2 Å². The van der Waals surface area contributed by atoms with Crippen molar-refractivity contribution >= 4 is 41.6 Å². The van der Waals surface area contributed by atoms with Crippen molar-refractivity contribution in [2.24, 2.45) is 7.05 Å². The second kappa shape index (κ2) is 11.1. The predicted octanol–water partition coefficient (Wildman–Crippen LogP) is 5.26. The Kier molecular flexibility index (Phi) is 8.48. The third-order valence-corrected chi connectivity index (χ3v) is 5.98. The molecule has 3 aromatic rings. The summed E-state index contributed by atoms with van der Waals surface area (Å²) in [5.41, 5.74) is 2.50. The van der Waals surface area contributed by atoms with Crippen molar-refractivity contribution < 1.29 is 13.6 Å². The van der Waals surface area contributed by atoms with Gasteiger partial charge in [-0.15, -0.1) is 0 Å². The fourth-order valence-corrected chi connectivity index (χ4v) is 4.05. The minimum Gasteiger partial charge on any atom is -0.356 e. The van der Waals surface area contributed by atoms with Crippen LogP contribution in [0, 0.1) is 6.92 Å². The van der Waals surface area contributed by atoms with Crippen LogP contribution in [0.4, 0.5) is 20.3 Å². The molecule has 1 aliphatic rings. The van der Waals surface area contributed by atoms with Crippen molar-refractivity contribution in [3.05, 3.63) is 53.1 Å². The Bertz CT molecular complexity index is 1140. The van der Waals surface area contributed by atoms with Crippen LogP contribution in [-0.2, 0) is 7.05 Å². The molecule has 0 aliphatic carbocycles. The number of thiol groups is 1. The Balaban J connectivity index is 0.00000158. The van der Waals surface area contributed by atoms with Crippen molar-refractivity contribution in [1.82, 2.24) is 19.7 Å². The molecule has 1 saturated heterocycles. The molecule has 4 heterocycles. The number of hydrogen-bond donors (Lipinski definition) is 2. The molecule has 7 nitrogen and oxygen atoms in total. The smallest absolute Gasteiger partial charge is 0.259 e. The maximum atomic E-state index is 14.0. The van der Waals surface area contributed by atoms with Gasteiger partial charge in [-0.2, -0.15) is 17.7 Å². The number of amides is 1. The molecule has 34 heavy (non-hydrogen) atoms. The summed E-state index contributed by atoms with van der Waals surface area (Å²) in [5.74, 6) is -2.80. The zero-order valence-electron chi connectivity index (χ0n) is 19.2. The third-order valence-electron chi connectivity index (χ3n) is 5.51. The fraction of sp³-hybridized carbons (Fsp3) is 0.391. The summed E-state index contributed by atoms with van der Waals surface area (Å²) in [6, 6.07) is 3.33. The van der Waals surface area contributed by atoms with Crippen LogP contribution in [0.25, 0.3) is 11.3 Å². The van der Waals surface area contributed by atoms with E-state index in [0.29, 0.717) is 46.3 Å². The van der Waals surface area contributed by atoms with Crippen LogP contribution in [0.3, 0.4) is 0 Å². The van der Waals surface area contributed by atoms with E-state index in [9.17, 15) is 13.6 Å². The van der Waals surface area contributed by atoms with E-state index >= 15 is 0 Å². The van der Waals surface area contributed by atoms with Crippen LogP contribution >= 0.6 is 24.2 Å². The maximum absolute atomic E-state index is 14.0. The van der Waals surface area contributed by atoms with Gasteiger partial charge in [0.25, 0.3) is 5.91 Å². The Labute approximate surface area is 208 Å². The molecule has 1 aliphatic heterocycles. The van der Waals surface area contributed by atoms with Gasteiger partial charge in [-0.1, -0.05) is 11.6 Å². The molecule has 1 N–H and O–H groups in total. The molecule has 4 rings (SSSR count). The first-order valence-corrected chi connectivity index (χ1v) is 12.0. The lowest BCUT2D eigenvalue weighted by Gasteiger charge is -2.26. The maximum Gasteiger partial charge on any atom is 0.259 e. The average molecular weight is 509 g/mol. The van der Waals surface area contributed by atoms with Crippen LogP contribution in [0.15, 0.2) is 36.9 Å². The van der Waals surface area contributed by atoms with E-state index in [2.05, 4.69) is 28.0 Å². The molecule has 0 saturated carbocycles. The summed E-state index contributed by atoms with van der Waals surface area (Å²) in [7, 11) is 1.78.